The molecule has 0 saturated carbocycles. The lowest BCUT2D eigenvalue weighted by Crippen LogP contribution is -2.08. The van der Waals surface area contributed by atoms with Gasteiger partial charge >= 0.3 is 0 Å². The molecule has 0 fully saturated rings. The fraction of sp³-hybridized carbons (Fsp3) is 0. The van der Waals surface area contributed by atoms with Crippen molar-refractivity contribution < 1.29 is 5.03 Å². The molecule has 1 N–H and O–H groups in total. The second kappa shape index (κ2) is 6.01. The van der Waals surface area contributed by atoms with Gasteiger partial charge in [0.05, 0.1) is 5.69 Å². The van der Waals surface area contributed by atoms with Crippen LogP contribution < -0.4 is 5.43 Å². The van der Waals surface area contributed by atoms with Crippen LogP contribution >= 0.6 is 0 Å². The van der Waals surface area contributed by atoms with E-state index >= 15 is 0 Å². The van der Waals surface area contributed by atoms with Gasteiger partial charge in [-0.25, -0.2) is 10.1 Å². The molecule has 0 unspecified atom stereocenters. The molecule has 3 rings (SSSR count). The predicted molar refractivity (Wildman–Crippen MR) is 85.2 cm³/mol. The Morgan fingerprint density at radius 3 is 2.36 bits per heavy atom. The van der Waals surface area contributed by atoms with Gasteiger partial charge in [-0.05, 0) is 23.6 Å². The van der Waals surface area contributed by atoms with Gasteiger partial charge in [0.15, 0.2) is 5.03 Å². The van der Waals surface area contributed by atoms with Crippen LogP contribution in [0.4, 0.5) is 17.1 Å². The van der Waals surface area contributed by atoms with Gasteiger partial charge in [-0.2, -0.15) is 5.11 Å². The van der Waals surface area contributed by atoms with Crippen LogP contribution in [0.15, 0.2) is 77.0 Å². The number of hydrogen-bond acceptors (Lipinski definition) is 4. The van der Waals surface area contributed by atoms with Crippen LogP contribution in [0.25, 0.3) is 10.8 Å². The van der Waals surface area contributed by atoms with Gasteiger partial charge in [0.25, 0.3) is 0 Å². The first-order valence-corrected chi connectivity index (χ1v) is 6.63. The first kappa shape index (κ1) is 13.7. The summed E-state index contributed by atoms with van der Waals surface area (Å²) in [5, 5.41) is 20.1. The van der Waals surface area contributed by atoms with E-state index in [1.165, 1.54) is 0 Å². The van der Waals surface area contributed by atoms with E-state index in [1.54, 1.807) is 6.07 Å². The Bertz CT molecular complexity index is 847. The molecule has 3 aromatic rings. The Hall–Kier alpha value is -3.28. The van der Waals surface area contributed by atoms with Crippen molar-refractivity contribution in [3.05, 3.63) is 76.8 Å². The highest BCUT2D eigenvalue weighted by Crippen LogP contribution is 2.34. The van der Waals surface area contributed by atoms with E-state index in [4.69, 9.17) is 0 Å². The van der Waals surface area contributed by atoms with Gasteiger partial charge < -0.3 is 0 Å². The van der Waals surface area contributed by atoms with Crippen LogP contribution in [0.3, 0.4) is 0 Å². The molecular formula is C16H12N4O2. The summed E-state index contributed by atoms with van der Waals surface area (Å²) in [5.74, 6) is 0. The highest BCUT2D eigenvalue weighted by Gasteiger charge is 2.11. The van der Waals surface area contributed by atoms with Crippen molar-refractivity contribution in [3.8, 4) is 0 Å². The third kappa shape index (κ3) is 2.90. The van der Waals surface area contributed by atoms with E-state index in [2.05, 4.69) is 15.7 Å². The molecule has 0 radical (unpaired) electrons. The number of fused-ring (bicyclic) bond motifs is 1. The summed E-state index contributed by atoms with van der Waals surface area (Å²) in [6, 6.07) is 20.2. The molecular weight excluding hydrogens is 280 g/mol. The summed E-state index contributed by atoms with van der Waals surface area (Å²) in [5.41, 5.74) is 3.66. The van der Waals surface area contributed by atoms with Gasteiger partial charge in [-0.3, -0.25) is 0 Å². The quantitative estimate of drug-likeness (QED) is 0.423. The number of benzene rings is 3. The summed E-state index contributed by atoms with van der Waals surface area (Å²) < 4.78 is 0. The number of anilines is 1. The van der Waals surface area contributed by atoms with Crippen LogP contribution in [0.5, 0.6) is 0 Å². The van der Waals surface area contributed by atoms with Gasteiger partial charge in [0.2, 0.25) is 0 Å². The number of nitrogens with zero attached hydrogens (tertiary/aromatic N) is 3. The Morgan fingerprint density at radius 2 is 1.59 bits per heavy atom. The normalized spacial score (nSPS) is 10.9. The summed E-state index contributed by atoms with van der Waals surface area (Å²) in [6.45, 7) is 0. The number of hydrogen-bond donors (Lipinski definition) is 1. The van der Waals surface area contributed by atoms with Crippen LogP contribution in [0, 0.1) is 10.1 Å². The molecule has 108 valence electrons. The van der Waals surface area contributed by atoms with Gasteiger partial charge in [0.1, 0.15) is 11.4 Å². The van der Waals surface area contributed by atoms with E-state index in [0.29, 0.717) is 17.1 Å². The minimum atomic E-state index is -0.594. The zero-order valence-electron chi connectivity index (χ0n) is 11.5. The molecule has 0 amide bonds. The standard InChI is InChI=1S/C16H12N4O2/c21-20(22)19-16-14-9-5-4-6-12(14)10-11-15(16)18-17-13-7-2-1-3-8-13/h1-11,19H. The van der Waals surface area contributed by atoms with Crippen LogP contribution in [0.2, 0.25) is 0 Å². The lowest BCUT2D eigenvalue weighted by molar-refractivity contribution is -0.445. The topological polar surface area (TPSA) is 79.9 Å². The van der Waals surface area contributed by atoms with Crippen molar-refractivity contribution in [2.45, 2.75) is 0 Å². The SMILES string of the molecule is O=[N+]([O-])Nc1c(N=Nc2ccccc2)ccc2ccccc12. The zero-order valence-corrected chi connectivity index (χ0v) is 11.5. The van der Waals surface area contributed by atoms with Crippen LogP contribution in [-0.4, -0.2) is 5.03 Å². The first-order valence-electron chi connectivity index (χ1n) is 6.63. The molecule has 0 spiro atoms. The van der Waals surface area contributed by atoms with Crippen molar-refractivity contribution in [1.82, 2.24) is 0 Å². The monoisotopic (exact) mass is 292 g/mol. The molecule has 0 aliphatic carbocycles. The molecule has 6 heteroatoms. The van der Waals surface area contributed by atoms with Crippen molar-refractivity contribution >= 4 is 27.8 Å². The largest absolute Gasteiger partial charge is 0.235 e. The smallest absolute Gasteiger partial charge is 0.162 e. The van der Waals surface area contributed by atoms with E-state index in [0.717, 1.165) is 10.8 Å². The maximum Gasteiger partial charge on any atom is 0.162 e. The average molecular weight is 292 g/mol. The predicted octanol–water partition coefficient (Wildman–Crippen LogP) is 4.86. The molecule has 0 heterocycles. The number of hydrazine groups is 1. The molecule has 3 aromatic carbocycles. The second-order valence-electron chi connectivity index (χ2n) is 4.59. The maximum atomic E-state index is 10.9. The Morgan fingerprint density at radius 1 is 0.864 bits per heavy atom. The van der Waals surface area contributed by atoms with Crippen LogP contribution in [-0.2, 0) is 0 Å². The summed E-state index contributed by atoms with van der Waals surface area (Å²) in [7, 11) is 0. The molecule has 6 nitrogen and oxygen atoms in total. The van der Waals surface area contributed by atoms with Gasteiger partial charge in [-0.15, -0.1) is 10.5 Å². The Labute approximate surface area is 126 Å². The van der Waals surface area contributed by atoms with Crippen LogP contribution in [0.1, 0.15) is 0 Å². The second-order valence-corrected chi connectivity index (χ2v) is 4.59. The number of azo groups is 1. The summed E-state index contributed by atoms with van der Waals surface area (Å²) in [6.07, 6.45) is 0. The molecule has 0 bridgehead atoms. The molecule has 0 aromatic heterocycles. The number of rotatable bonds is 4. The lowest BCUT2D eigenvalue weighted by atomic mass is 10.1. The molecule has 22 heavy (non-hydrogen) atoms. The highest BCUT2D eigenvalue weighted by atomic mass is 16.7. The van der Waals surface area contributed by atoms with Crippen molar-refractivity contribution in [3.63, 3.8) is 0 Å². The average Bonchev–Trinajstić information content (AvgIpc) is 2.54. The number of nitrogens with one attached hydrogen (secondary N) is 1. The minimum absolute atomic E-state index is 0.336. The first-order chi connectivity index (χ1) is 10.7. The minimum Gasteiger partial charge on any atom is -0.235 e. The number of nitro groups is 1. The van der Waals surface area contributed by atoms with Gasteiger partial charge in [-0.1, -0.05) is 48.5 Å². The third-order valence-corrected chi connectivity index (χ3v) is 3.14. The third-order valence-electron chi connectivity index (χ3n) is 3.14. The maximum absolute atomic E-state index is 10.9. The van der Waals surface area contributed by atoms with E-state index in [1.807, 2.05) is 60.7 Å². The zero-order chi connectivity index (χ0) is 15.4. The Kier molecular flexibility index (Phi) is 3.74. The fourth-order valence-corrected chi connectivity index (χ4v) is 2.16. The van der Waals surface area contributed by atoms with E-state index in [9.17, 15) is 10.1 Å². The van der Waals surface area contributed by atoms with Crippen molar-refractivity contribution in [2.75, 3.05) is 5.43 Å². The van der Waals surface area contributed by atoms with Gasteiger partial charge in [0, 0.05) is 5.39 Å². The molecule has 0 saturated heterocycles. The molecule has 0 atom stereocenters. The van der Waals surface area contributed by atoms with Crippen molar-refractivity contribution in [2.24, 2.45) is 10.2 Å². The lowest BCUT2D eigenvalue weighted by Gasteiger charge is -2.06. The molecule has 0 aliphatic rings. The molecule has 0 aliphatic heterocycles. The van der Waals surface area contributed by atoms with E-state index in [-0.39, 0.29) is 0 Å². The van der Waals surface area contributed by atoms with Crippen molar-refractivity contribution in [1.29, 1.82) is 0 Å². The fourth-order valence-electron chi connectivity index (χ4n) is 2.16. The van der Waals surface area contributed by atoms with E-state index < -0.39 is 5.03 Å². The summed E-state index contributed by atoms with van der Waals surface area (Å²) >= 11 is 0. The highest BCUT2D eigenvalue weighted by molar-refractivity contribution is 5.98. The summed E-state index contributed by atoms with van der Waals surface area (Å²) in [4.78, 5) is 10.9. The Balaban J connectivity index is 2.08.